The van der Waals surface area contributed by atoms with E-state index in [9.17, 15) is 13.2 Å². The van der Waals surface area contributed by atoms with Gasteiger partial charge in [-0.05, 0) is 54.0 Å². The zero-order valence-electron chi connectivity index (χ0n) is 27.5. The lowest BCUT2D eigenvalue weighted by molar-refractivity contribution is 0.0762. The second-order valence-electron chi connectivity index (χ2n) is 13.0. The molecule has 0 radical (unpaired) electrons. The molecule has 0 unspecified atom stereocenters. The number of aromatic nitrogens is 1. The highest BCUT2D eigenvalue weighted by Gasteiger charge is 2.41. The molecule has 4 aromatic rings. The number of ether oxygens (including phenoxy) is 2. The molecule has 12 heteroatoms. The number of sulfonamides is 1. The summed E-state index contributed by atoms with van der Waals surface area (Å²) < 4.78 is 45.4. The van der Waals surface area contributed by atoms with E-state index in [0.29, 0.717) is 50.0 Å². The van der Waals surface area contributed by atoms with Crippen LogP contribution in [-0.4, -0.2) is 52.9 Å². The number of methoxy groups -OCH3 is 1. The maximum atomic E-state index is 14.4. The molecule has 1 amide bonds. The van der Waals surface area contributed by atoms with Crippen LogP contribution < -0.4 is 18.2 Å². The Bertz CT molecular complexity index is 1910. The molecular formula is C34H40ClN3O6SSi. The Balaban J connectivity index is 1.62. The van der Waals surface area contributed by atoms with Crippen LogP contribution in [0, 0.1) is 0 Å². The van der Waals surface area contributed by atoms with Crippen molar-refractivity contribution in [3.05, 3.63) is 88.1 Å². The lowest BCUT2D eigenvalue weighted by atomic mass is 10.0. The number of nitrogens with zero attached hydrogens (tertiary/aromatic N) is 3. The second kappa shape index (κ2) is 12.4. The van der Waals surface area contributed by atoms with Crippen molar-refractivity contribution in [3.8, 4) is 17.2 Å². The van der Waals surface area contributed by atoms with Crippen LogP contribution in [0.3, 0.4) is 0 Å². The van der Waals surface area contributed by atoms with Gasteiger partial charge in [0.1, 0.15) is 23.6 Å². The van der Waals surface area contributed by atoms with Gasteiger partial charge in [-0.2, -0.15) is 0 Å². The number of rotatable bonds is 10. The number of hydrogen-bond acceptors (Lipinski definition) is 7. The first kappa shape index (κ1) is 33.6. The molecule has 0 atom stereocenters. The van der Waals surface area contributed by atoms with Gasteiger partial charge in [0.15, 0.2) is 5.75 Å². The van der Waals surface area contributed by atoms with E-state index >= 15 is 0 Å². The van der Waals surface area contributed by atoms with E-state index in [1.165, 1.54) is 11.4 Å². The van der Waals surface area contributed by atoms with Crippen molar-refractivity contribution in [2.45, 2.75) is 58.6 Å². The molecule has 9 nitrogen and oxygen atoms in total. The first-order valence-corrected chi connectivity index (χ1v) is 20.1. The van der Waals surface area contributed by atoms with E-state index in [0.717, 1.165) is 17.4 Å². The van der Waals surface area contributed by atoms with Crippen LogP contribution >= 0.6 is 11.6 Å². The zero-order valence-corrected chi connectivity index (χ0v) is 30.0. The lowest BCUT2D eigenvalue weighted by Crippen LogP contribution is -2.44. The molecular weight excluding hydrogens is 642 g/mol. The fourth-order valence-electron chi connectivity index (χ4n) is 5.19. The molecule has 2 heterocycles. The Kier molecular flexibility index (Phi) is 9.06. The summed E-state index contributed by atoms with van der Waals surface area (Å²) >= 11 is 6.71. The third-order valence-corrected chi connectivity index (χ3v) is 14.7. The van der Waals surface area contributed by atoms with Crippen molar-refractivity contribution in [3.63, 3.8) is 0 Å². The molecule has 1 aliphatic heterocycles. The lowest BCUT2D eigenvalue weighted by Gasteiger charge is -2.37. The number of halogens is 1. The molecule has 0 saturated carbocycles. The molecule has 5 rings (SSSR count). The van der Waals surface area contributed by atoms with Crippen molar-refractivity contribution in [2.75, 3.05) is 24.7 Å². The number of para-hydroxylation sites is 1. The van der Waals surface area contributed by atoms with Gasteiger partial charge in [-0.15, -0.1) is 0 Å². The molecule has 1 aliphatic rings. The van der Waals surface area contributed by atoms with Gasteiger partial charge < -0.3 is 18.8 Å². The molecule has 0 bridgehead atoms. The fourth-order valence-corrected chi connectivity index (χ4v) is 7.09. The largest absolute Gasteiger partial charge is 0.542 e. The fraction of sp³-hybridized carbons (Fsp3) is 0.353. The minimum atomic E-state index is -3.69. The van der Waals surface area contributed by atoms with Gasteiger partial charge in [0.25, 0.3) is 14.2 Å². The Morgan fingerprint density at radius 2 is 1.74 bits per heavy atom. The molecule has 0 fully saturated rings. The monoisotopic (exact) mass is 681 g/mol. The number of fused-ring (bicyclic) bond motifs is 2. The standard InChI is InChI=1S/C34H40ClN3O6SSi/c1-34(2,3)46(7,8)44-31-23(11-9-13-27(31)35)19-38-20-26-28(33(38)39)32(43-21-22-14-16-24(42-5)17-15-22)29-25(12-10-18-36-29)30(26)37(4)45(6,40)41/h9-18H,19-21H2,1-8H3. The van der Waals surface area contributed by atoms with E-state index in [4.69, 9.17) is 25.5 Å². The predicted molar refractivity (Wildman–Crippen MR) is 185 cm³/mol. The molecule has 1 aromatic heterocycles. The minimum absolute atomic E-state index is 0.0719. The van der Waals surface area contributed by atoms with Crippen LogP contribution in [-0.2, 0) is 29.7 Å². The van der Waals surface area contributed by atoms with E-state index in [1.54, 1.807) is 36.4 Å². The van der Waals surface area contributed by atoms with Gasteiger partial charge in [0.05, 0.1) is 29.6 Å². The summed E-state index contributed by atoms with van der Waals surface area (Å²) in [6.45, 7) is 11.3. The summed E-state index contributed by atoms with van der Waals surface area (Å²) in [5, 5.41) is 0.970. The Hall–Kier alpha value is -3.80. The summed E-state index contributed by atoms with van der Waals surface area (Å²) in [5.41, 5.74) is 3.28. The highest BCUT2D eigenvalue weighted by Crippen LogP contribution is 2.46. The molecule has 0 spiro atoms. The Labute approximate surface area is 277 Å². The van der Waals surface area contributed by atoms with Crippen molar-refractivity contribution >= 4 is 52.4 Å². The number of pyridine rings is 1. The van der Waals surface area contributed by atoms with Gasteiger partial charge in [-0.25, -0.2) is 8.42 Å². The Morgan fingerprint density at radius 3 is 2.37 bits per heavy atom. The van der Waals surface area contributed by atoms with Crippen molar-refractivity contribution in [1.82, 2.24) is 9.88 Å². The molecule has 244 valence electrons. The summed E-state index contributed by atoms with van der Waals surface area (Å²) in [7, 11) is -2.88. The Morgan fingerprint density at radius 1 is 1.04 bits per heavy atom. The number of carbonyl (C=O) groups is 1. The number of amides is 1. The number of benzene rings is 3. The van der Waals surface area contributed by atoms with Crippen LogP contribution in [0.25, 0.3) is 10.9 Å². The van der Waals surface area contributed by atoms with Gasteiger partial charge >= 0.3 is 0 Å². The maximum Gasteiger partial charge on any atom is 0.258 e. The van der Waals surface area contributed by atoms with Crippen molar-refractivity contribution < 1.29 is 27.1 Å². The molecule has 46 heavy (non-hydrogen) atoms. The molecule has 0 saturated heterocycles. The zero-order chi connectivity index (χ0) is 33.6. The topological polar surface area (TPSA) is 98.3 Å². The number of anilines is 1. The molecule has 0 aliphatic carbocycles. The minimum Gasteiger partial charge on any atom is -0.542 e. The van der Waals surface area contributed by atoms with E-state index in [2.05, 4.69) is 38.8 Å². The number of hydrogen-bond donors (Lipinski definition) is 0. The van der Waals surface area contributed by atoms with E-state index in [-0.39, 0.29) is 30.6 Å². The summed E-state index contributed by atoms with van der Waals surface area (Å²) in [4.78, 5) is 20.7. The second-order valence-corrected chi connectivity index (χ2v) is 20.2. The van der Waals surface area contributed by atoms with Crippen molar-refractivity contribution in [2.24, 2.45) is 0 Å². The normalized spacial score (nSPS) is 13.6. The first-order valence-electron chi connectivity index (χ1n) is 14.9. The van der Waals surface area contributed by atoms with Crippen LogP contribution in [0.2, 0.25) is 23.2 Å². The third-order valence-electron chi connectivity index (χ3n) is 8.87. The van der Waals surface area contributed by atoms with Gasteiger partial charge in [0.2, 0.25) is 10.0 Å². The van der Waals surface area contributed by atoms with E-state index in [1.807, 2.05) is 36.4 Å². The summed E-state index contributed by atoms with van der Waals surface area (Å²) in [6, 6.07) is 16.5. The number of carbonyl (C=O) groups excluding carboxylic acids is 1. The summed E-state index contributed by atoms with van der Waals surface area (Å²) in [6.07, 6.45) is 2.74. The smallest absolute Gasteiger partial charge is 0.258 e. The highest BCUT2D eigenvalue weighted by atomic mass is 35.5. The van der Waals surface area contributed by atoms with Crippen LogP contribution in [0.5, 0.6) is 17.2 Å². The SMILES string of the molecule is COc1ccc(COc2c3c(c(N(C)S(C)(=O)=O)c4cccnc24)CN(Cc2cccc(Cl)c2O[Si](C)(C)C(C)(C)C)C3=O)cc1. The van der Waals surface area contributed by atoms with Crippen LogP contribution in [0.15, 0.2) is 60.8 Å². The quantitative estimate of drug-likeness (QED) is 0.161. The van der Waals surface area contributed by atoms with Gasteiger partial charge in [0, 0.05) is 42.8 Å². The predicted octanol–water partition coefficient (Wildman–Crippen LogP) is 7.41. The molecule has 3 aromatic carbocycles. The van der Waals surface area contributed by atoms with E-state index < -0.39 is 18.3 Å². The van der Waals surface area contributed by atoms with Crippen molar-refractivity contribution in [1.29, 1.82) is 0 Å². The first-order chi connectivity index (χ1) is 21.5. The third kappa shape index (κ3) is 6.40. The van der Waals surface area contributed by atoms with Crippen LogP contribution in [0.4, 0.5) is 5.69 Å². The van der Waals surface area contributed by atoms with Gasteiger partial charge in [-0.1, -0.05) is 56.6 Å². The average molecular weight is 682 g/mol. The van der Waals surface area contributed by atoms with Gasteiger partial charge in [-0.3, -0.25) is 14.1 Å². The van der Waals surface area contributed by atoms with Crippen LogP contribution in [0.1, 0.15) is 47.8 Å². The highest BCUT2D eigenvalue weighted by molar-refractivity contribution is 7.92. The summed E-state index contributed by atoms with van der Waals surface area (Å²) in [5.74, 6) is 1.29. The molecule has 0 N–H and O–H groups in total. The maximum absolute atomic E-state index is 14.4. The average Bonchev–Trinajstić information content (AvgIpc) is 3.31.